The first kappa shape index (κ1) is 23.1. The van der Waals surface area contributed by atoms with Crippen molar-refractivity contribution in [1.29, 1.82) is 0 Å². The molecule has 1 atom stereocenters. The van der Waals surface area contributed by atoms with Gasteiger partial charge in [-0.3, -0.25) is 4.79 Å². The van der Waals surface area contributed by atoms with Crippen molar-refractivity contribution in [3.05, 3.63) is 105 Å². The lowest BCUT2D eigenvalue weighted by molar-refractivity contribution is -0.118. The lowest BCUT2D eigenvalue weighted by atomic mass is 9.74. The number of halogens is 3. The molecule has 0 N–H and O–H groups in total. The zero-order valence-electron chi connectivity index (χ0n) is 19.1. The van der Waals surface area contributed by atoms with Crippen LogP contribution in [0.5, 0.6) is 0 Å². The molecule has 1 aliphatic carbocycles. The van der Waals surface area contributed by atoms with Crippen molar-refractivity contribution in [2.45, 2.75) is 32.9 Å². The molecule has 3 aromatic rings. The van der Waals surface area contributed by atoms with Gasteiger partial charge in [-0.15, -0.1) is 0 Å². The van der Waals surface area contributed by atoms with Gasteiger partial charge in [-0.05, 0) is 78.1 Å². The molecule has 2 aliphatic rings. The summed E-state index contributed by atoms with van der Waals surface area (Å²) >= 11 is 9.74. The van der Waals surface area contributed by atoms with Crippen molar-refractivity contribution < 1.29 is 9.18 Å². The van der Waals surface area contributed by atoms with Crippen LogP contribution in [0.25, 0.3) is 0 Å². The first-order valence-electron chi connectivity index (χ1n) is 11.3. The first-order valence-corrected chi connectivity index (χ1v) is 12.5. The van der Waals surface area contributed by atoms with Gasteiger partial charge in [0.25, 0.3) is 0 Å². The molecule has 3 aromatic carbocycles. The minimum atomic E-state index is -0.287. The second-order valence-corrected chi connectivity index (χ2v) is 11.1. The number of ketones is 1. The van der Waals surface area contributed by atoms with Crippen molar-refractivity contribution >= 4 is 44.7 Å². The highest BCUT2D eigenvalue weighted by atomic mass is 79.9. The van der Waals surface area contributed by atoms with Crippen molar-refractivity contribution in [2.75, 3.05) is 16.3 Å². The largest absolute Gasteiger partial charge is 0.342 e. The lowest BCUT2D eigenvalue weighted by Gasteiger charge is -2.51. The average Bonchev–Trinajstić information content (AvgIpc) is 2.79. The summed E-state index contributed by atoms with van der Waals surface area (Å²) in [4.78, 5) is 17.8. The third-order valence-corrected chi connectivity index (χ3v) is 7.34. The van der Waals surface area contributed by atoms with Gasteiger partial charge in [-0.1, -0.05) is 53.5 Å². The van der Waals surface area contributed by atoms with Crippen LogP contribution < -0.4 is 9.80 Å². The number of Topliss-reactive ketones (excluding diaryl/α,β-unsaturated/α-hetero) is 1. The summed E-state index contributed by atoms with van der Waals surface area (Å²) in [6, 6.07) is 22.5. The number of hydrogen-bond acceptors (Lipinski definition) is 3. The number of carbonyl (C=O) groups excluding carboxylic acids is 1. The molecule has 0 bridgehead atoms. The highest BCUT2D eigenvalue weighted by Gasteiger charge is 2.43. The van der Waals surface area contributed by atoms with E-state index in [0.717, 1.165) is 39.1 Å². The van der Waals surface area contributed by atoms with Gasteiger partial charge in [0.2, 0.25) is 0 Å². The van der Waals surface area contributed by atoms with Crippen molar-refractivity contribution in [3.8, 4) is 0 Å². The summed E-state index contributed by atoms with van der Waals surface area (Å²) < 4.78 is 14.9. The molecule has 0 amide bonds. The third-order valence-electron chi connectivity index (χ3n) is 6.56. The highest BCUT2D eigenvalue weighted by Crippen LogP contribution is 2.48. The Hall–Kier alpha value is -2.63. The Morgan fingerprint density at radius 1 is 0.912 bits per heavy atom. The minimum Gasteiger partial charge on any atom is -0.342 e. The lowest BCUT2D eigenvalue weighted by Crippen LogP contribution is -2.51. The molecule has 0 aromatic heterocycles. The Morgan fingerprint density at radius 3 is 2.18 bits per heavy atom. The first-order chi connectivity index (χ1) is 16.2. The van der Waals surface area contributed by atoms with E-state index in [1.807, 2.05) is 36.4 Å². The van der Waals surface area contributed by atoms with Crippen LogP contribution in [0.4, 0.5) is 15.8 Å². The fraction of sp³-hybridized carbons (Fsp3) is 0.250. The standard InChI is InChI=1S/C28H25BrClFN2O/c1-28(2)15-25-24(26(34)16-28)17-32(22-11-7-20(30)8-12-22)27(18-3-5-19(29)6-4-18)33(25)23-13-9-21(31)10-14-23/h3-14,27H,15-17H2,1-2H3. The molecular formula is C28H25BrClFN2O. The Morgan fingerprint density at radius 2 is 1.53 bits per heavy atom. The Labute approximate surface area is 213 Å². The number of nitrogens with zero attached hydrogens (tertiary/aromatic N) is 2. The van der Waals surface area contributed by atoms with Gasteiger partial charge in [0.1, 0.15) is 12.0 Å². The number of rotatable bonds is 3. The minimum absolute atomic E-state index is 0.152. The van der Waals surface area contributed by atoms with Gasteiger partial charge in [0.15, 0.2) is 5.78 Å². The summed E-state index contributed by atoms with van der Waals surface area (Å²) in [5, 5.41) is 0.659. The number of carbonyl (C=O) groups is 1. The summed E-state index contributed by atoms with van der Waals surface area (Å²) in [7, 11) is 0. The normalized spacial score (nSPS) is 19.9. The van der Waals surface area contributed by atoms with E-state index < -0.39 is 0 Å². The molecule has 0 saturated heterocycles. The molecule has 0 spiro atoms. The van der Waals surface area contributed by atoms with Gasteiger partial charge in [-0.25, -0.2) is 4.39 Å². The van der Waals surface area contributed by atoms with Gasteiger partial charge in [0, 0.05) is 38.6 Å². The monoisotopic (exact) mass is 538 g/mol. The maximum absolute atomic E-state index is 13.9. The van der Waals surface area contributed by atoms with Gasteiger partial charge in [0.05, 0.1) is 6.54 Å². The fourth-order valence-electron chi connectivity index (χ4n) is 5.01. The summed E-state index contributed by atoms with van der Waals surface area (Å²) in [6.45, 7) is 4.78. The SMILES string of the molecule is CC1(C)CC(=O)C2=C(C1)N(c1ccc(F)cc1)C(c1ccc(Br)cc1)N(c1ccc(Cl)cc1)C2. The predicted octanol–water partition coefficient (Wildman–Crippen LogP) is 7.91. The van der Waals surface area contributed by atoms with E-state index in [1.165, 1.54) is 12.1 Å². The highest BCUT2D eigenvalue weighted by molar-refractivity contribution is 9.10. The van der Waals surface area contributed by atoms with Crippen LogP contribution in [-0.4, -0.2) is 12.3 Å². The molecule has 3 nitrogen and oxygen atoms in total. The summed E-state index contributed by atoms with van der Waals surface area (Å²) in [5.41, 5.74) is 4.59. The van der Waals surface area contributed by atoms with Gasteiger partial charge in [-0.2, -0.15) is 0 Å². The topological polar surface area (TPSA) is 23.6 Å². The van der Waals surface area contributed by atoms with Crippen LogP contribution in [0, 0.1) is 11.2 Å². The van der Waals surface area contributed by atoms with E-state index in [9.17, 15) is 9.18 Å². The van der Waals surface area contributed by atoms with Crippen molar-refractivity contribution in [2.24, 2.45) is 5.41 Å². The molecule has 6 heteroatoms. The quantitative estimate of drug-likeness (QED) is 0.338. The smallest absolute Gasteiger partial charge is 0.162 e. The Balaban J connectivity index is 1.75. The summed E-state index contributed by atoms with van der Waals surface area (Å²) in [5.74, 6) is -0.114. The fourth-order valence-corrected chi connectivity index (χ4v) is 5.40. The summed E-state index contributed by atoms with van der Waals surface area (Å²) in [6.07, 6.45) is 1.06. The van der Waals surface area contributed by atoms with E-state index in [-0.39, 0.29) is 23.2 Å². The molecule has 0 radical (unpaired) electrons. The molecule has 0 fully saturated rings. The zero-order valence-corrected chi connectivity index (χ0v) is 21.4. The number of anilines is 2. The van der Waals surface area contributed by atoms with E-state index >= 15 is 0 Å². The van der Waals surface area contributed by atoms with E-state index in [1.54, 1.807) is 12.1 Å². The molecule has 1 unspecified atom stereocenters. The van der Waals surface area contributed by atoms with Crippen LogP contribution in [0.15, 0.2) is 88.5 Å². The van der Waals surface area contributed by atoms with E-state index in [2.05, 4.69) is 51.7 Å². The predicted molar refractivity (Wildman–Crippen MR) is 140 cm³/mol. The second kappa shape index (κ2) is 8.86. The second-order valence-electron chi connectivity index (χ2n) is 9.74. The Bertz CT molecular complexity index is 1250. The average molecular weight is 540 g/mol. The van der Waals surface area contributed by atoms with Crippen molar-refractivity contribution in [1.82, 2.24) is 0 Å². The van der Waals surface area contributed by atoms with Crippen LogP contribution in [-0.2, 0) is 4.79 Å². The van der Waals surface area contributed by atoms with Gasteiger partial charge >= 0.3 is 0 Å². The van der Waals surface area contributed by atoms with E-state index in [4.69, 9.17) is 11.6 Å². The zero-order chi connectivity index (χ0) is 24.0. The molecular weight excluding hydrogens is 515 g/mol. The maximum atomic E-state index is 13.9. The number of hydrogen-bond donors (Lipinski definition) is 0. The molecule has 174 valence electrons. The molecule has 1 aliphatic heterocycles. The van der Waals surface area contributed by atoms with Crippen molar-refractivity contribution in [3.63, 3.8) is 0 Å². The van der Waals surface area contributed by atoms with Crippen LogP contribution >= 0.6 is 27.5 Å². The van der Waals surface area contributed by atoms with Gasteiger partial charge < -0.3 is 9.80 Å². The molecule has 0 saturated carbocycles. The Kier molecular flexibility index (Phi) is 6.03. The third kappa shape index (κ3) is 4.39. The number of benzene rings is 3. The molecule has 1 heterocycles. The maximum Gasteiger partial charge on any atom is 0.162 e. The number of allylic oxidation sites excluding steroid dienone is 1. The molecule has 5 rings (SSSR count). The van der Waals surface area contributed by atoms with Crippen LogP contribution in [0.2, 0.25) is 5.02 Å². The van der Waals surface area contributed by atoms with E-state index in [0.29, 0.717) is 18.0 Å². The van der Waals surface area contributed by atoms with Crippen LogP contribution in [0.3, 0.4) is 0 Å². The van der Waals surface area contributed by atoms with Crippen LogP contribution in [0.1, 0.15) is 38.4 Å². The molecule has 34 heavy (non-hydrogen) atoms.